The fourth-order valence-corrected chi connectivity index (χ4v) is 4.20. The summed E-state index contributed by atoms with van der Waals surface area (Å²) in [6.07, 6.45) is 1.65. The molecule has 2 aromatic carbocycles. The van der Waals surface area contributed by atoms with E-state index < -0.39 is 6.04 Å². The molecule has 0 unspecified atom stereocenters. The number of fused-ring (bicyclic) bond motifs is 2. The van der Waals surface area contributed by atoms with Crippen molar-refractivity contribution in [3.05, 3.63) is 104 Å². The third-order valence-corrected chi connectivity index (χ3v) is 6.07. The zero-order valence-electron chi connectivity index (χ0n) is 17.3. The third kappa shape index (κ3) is 3.04. The van der Waals surface area contributed by atoms with E-state index in [1.165, 1.54) is 4.90 Å². The van der Waals surface area contributed by atoms with Crippen molar-refractivity contribution >= 4 is 34.3 Å². The minimum atomic E-state index is -0.656. The molecule has 0 spiro atoms. The first-order valence-electron chi connectivity index (χ1n) is 9.95. The Morgan fingerprint density at radius 1 is 0.968 bits per heavy atom. The van der Waals surface area contributed by atoms with Gasteiger partial charge in [-0.3, -0.25) is 14.5 Å². The van der Waals surface area contributed by atoms with Crippen molar-refractivity contribution in [2.45, 2.75) is 26.8 Å². The molecule has 5 nitrogen and oxygen atoms in total. The monoisotopic (exact) mass is 430 g/mol. The summed E-state index contributed by atoms with van der Waals surface area (Å²) in [5, 5.41) is 1.04. The molecule has 5 rings (SSSR count). The average Bonchev–Trinajstić information content (AvgIpc) is 3.03. The quantitative estimate of drug-likeness (QED) is 0.420. The van der Waals surface area contributed by atoms with Crippen molar-refractivity contribution in [2.75, 3.05) is 4.90 Å². The van der Waals surface area contributed by atoms with E-state index in [9.17, 15) is 9.59 Å². The Morgan fingerprint density at radius 3 is 2.39 bits per heavy atom. The van der Waals surface area contributed by atoms with Crippen molar-refractivity contribution in [1.29, 1.82) is 0 Å². The molecular formula is C25H19ClN2O3. The van der Waals surface area contributed by atoms with E-state index in [0.717, 1.165) is 22.3 Å². The number of carbonyl (C=O) groups is 1. The highest BCUT2D eigenvalue weighted by Gasteiger charge is 2.44. The molecule has 1 amide bonds. The standard InChI is InChI=1S/C25H19ClN2O3/c1-13-8-9-27-20(10-13)28-22(16-4-6-17(26)7-5-16)21-23(29)18-11-14(2)15(3)12-19(18)31-24(21)25(28)30/h4-12,22H,1-3H3/t22-/m1/s1. The van der Waals surface area contributed by atoms with Crippen LogP contribution in [-0.2, 0) is 0 Å². The number of aryl methyl sites for hydroxylation is 3. The molecule has 154 valence electrons. The first-order valence-corrected chi connectivity index (χ1v) is 10.3. The molecule has 6 heteroatoms. The first kappa shape index (κ1) is 19.5. The molecule has 2 aromatic heterocycles. The second-order valence-electron chi connectivity index (χ2n) is 7.93. The summed E-state index contributed by atoms with van der Waals surface area (Å²) in [6, 6.07) is 13.8. The van der Waals surface area contributed by atoms with Gasteiger partial charge in [0.15, 0.2) is 5.43 Å². The van der Waals surface area contributed by atoms with Gasteiger partial charge in [-0.1, -0.05) is 23.7 Å². The summed E-state index contributed by atoms with van der Waals surface area (Å²) in [6.45, 7) is 5.83. The van der Waals surface area contributed by atoms with E-state index in [1.807, 2.05) is 57.2 Å². The van der Waals surface area contributed by atoms with E-state index in [0.29, 0.717) is 27.4 Å². The Labute approximate surface area is 183 Å². The third-order valence-electron chi connectivity index (χ3n) is 5.82. The number of aromatic nitrogens is 1. The summed E-state index contributed by atoms with van der Waals surface area (Å²) in [7, 11) is 0. The number of anilines is 1. The number of nitrogens with zero attached hydrogens (tertiary/aromatic N) is 2. The number of carbonyl (C=O) groups excluding carboxylic acids is 1. The number of rotatable bonds is 2. The molecule has 0 saturated carbocycles. The summed E-state index contributed by atoms with van der Waals surface area (Å²) in [5.74, 6) is 0.140. The van der Waals surface area contributed by atoms with Crippen molar-refractivity contribution in [3.63, 3.8) is 0 Å². The number of hydrogen-bond donors (Lipinski definition) is 0. The van der Waals surface area contributed by atoms with Gasteiger partial charge in [0.2, 0.25) is 5.76 Å². The summed E-state index contributed by atoms with van der Waals surface area (Å²) in [5.41, 5.74) is 4.23. The van der Waals surface area contributed by atoms with Crippen molar-refractivity contribution < 1.29 is 9.21 Å². The Morgan fingerprint density at radius 2 is 1.68 bits per heavy atom. The van der Waals surface area contributed by atoms with Crippen LogP contribution in [0.5, 0.6) is 0 Å². The number of halogens is 1. The van der Waals surface area contributed by atoms with Gasteiger partial charge < -0.3 is 4.42 Å². The Hall–Kier alpha value is -3.44. The molecule has 0 N–H and O–H groups in total. The number of benzene rings is 2. The highest BCUT2D eigenvalue weighted by molar-refractivity contribution is 6.30. The molecule has 31 heavy (non-hydrogen) atoms. The molecule has 1 aliphatic rings. The second kappa shape index (κ2) is 7.06. The van der Waals surface area contributed by atoms with Crippen LogP contribution in [0.2, 0.25) is 5.02 Å². The van der Waals surface area contributed by atoms with E-state index in [2.05, 4.69) is 4.98 Å². The van der Waals surface area contributed by atoms with Crippen LogP contribution in [0.3, 0.4) is 0 Å². The van der Waals surface area contributed by atoms with Crippen molar-refractivity contribution in [2.24, 2.45) is 0 Å². The van der Waals surface area contributed by atoms with Crippen LogP contribution in [0.4, 0.5) is 5.82 Å². The molecule has 0 aliphatic carbocycles. The zero-order valence-corrected chi connectivity index (χ0v) is 18.0. The average molecular weight is 431 g/mol. The van der Waals surface area contributed by atoms with Gasteiger partial charge >= 0.3 is 0 Å². The van der Waals surface area contributed by atoms with Crippen LogP contribution in [0.25, 0.3) is 11.0 Å². The molecule has 1 atom stereocenters. The largest absolute Gasteiger partial charge is 0.450 e. The fourth-order valence-electron chi connectivity index (χ4n) is 4.08. The summed E-state index contributed by atoms with van der Waals surface area (Å²) in [4.78, 5) is 33.1. The smallest absolute Gasteiger partial charge is 0.296 e. The summed E-state index contributed by atoms with van der Waals surface area (Å²) >= 11 is 6.09. The predicted octanol–water partition coefficient (Wildman–Crippen LogP) is 5.52. The number of pyridine rings is 1. The molecule has 3 heterocycles. The topological polar surface area (TPSA) is 63.4 Å². The van der Waals surface area contributed by atoms with Gasteiger partial charge in [0.1, 0.15) is 11.4 Å². The van der Waals surface area contributed by atoms with E-state index in [-0.39, 0.29) is 17.1 Å². The van der Waals surface area contributed by atoms with E-state index in [4.69, 9.17) is 16.0 Å². The van der Waals surface area contributed by atoms with Gasteiger partial charge in [-0.25, -0.2) is 4.98 Å². The van der Waals surface area contributed by atoms with Gasteiger partial charge in [-0.15, -0.1) is 0 Å². The predicted molar refractivity (Wildman–Crippen MR) is 121 cm³/mol. The lowest BCUT2D eigenvalue weighted by atomic mass is 9.97. The lowest BCUT2D eigenvalue weighted by Crippen LogP contribution is -2.30. The molecule has 0 saturated heterocycles. The van der Waals surface area contributed by atoms with Gasteiger partial charge in [-0.2, -0.15) is 0 Å². The lowest BCUT2D eigenvalue weighted by Gasteiger charge is -2.24. The van der Waals surface area contributed by atoms with Crippen LogP contribution >= 0.6 is 11.6 Å². The van der Waals surface area contributed by atoms with E-state index in [1.54, 1.807) is 18.3 Å². The molecular weight excluding hydrogens is 412 g/mol. The zero-order chi connectivity index (χ0) is 21.9. The second-order valence-corrected chi connectivity index (χ2v) is 8.36. The summed E-state index contributed by atoms with van der Waals surface area (Å²) < 4.78 is 6.05. The highest BCUT2D eigenvalue weighted by atomic mass is 35.5. The first-order chi connectivity index (χ1) is 14.8. The van der Waals surface area contributed by atoms with Crippen LogP contribution in [-0.4, -0.2) is 10.9 Å². The van der Waals surface area contributed by atoms with Crippen LogP contribution in [0.1, 0.15) is 44.4 Å². The van der Waals surface area contributed by atoms with Crippen LogP contribution in [0.15, 0.2) is 63.9 Å². The SMILES string of the molecule is Cc1ccnc(N2C(=O)c3oc4cc(C)c(C)cc4c(=O)c3[C@H]2c2ccc(Cl)cc2)c1. The van der Waals surface area contributed by atoms with Gasteiger partial charge in [0.25, 0.3) is 5.91 Å². The van der Waals surface area contributed by atoms with Gasteiger partial charge in [-0.05, 0) is 79.4 Å². The Bertz CT molecular complexity index is 1420. The normalized spacial score (nSPS) is 15.5. The van der Waals surface area contributed by atoms with Crippen molar-refractivity contribution in [1.82, 2.24) is 4.98 Å². The molecule has 0 fully saturated rings. The van der Waals surface area contributed by atoms with Gasteiger partial charge in [0, 0.05) is 11.2 Å². The minimum absolute atomic E-state index is 0.0593. The maximum atomic E-state index is 13.6. The minimum Gasteiger partial charge on any atom is -0.450 e. The van der Waals surface area contributed by atoms with E-state index >= 15 is 0 Å². The fraction of sp³-hybridized carbons (Fsp3) is 0.160. The number of amides is 1. The highest BCUT2D eigenvalue weighted by Crippen LogP contribution is 2.41. The molecule has 4 aromatic rings. The Kier molecular flexibility index (Phi) is 4.45. The van der Waals surface area contributed by atoms with Crippen LogP contribution < -0.4 is 10.3 Å². The molecule has 0 bridgehead atoms. The van der Waals surface area contributed by atoms with Gasteiger partial charge in [0.05, 0.1) is 17.0 Å². The maximum absolute atomic E-state index is 13.6. The Balaban J connectivity index is 1.83. The molecule has 0 radical (unpaired) electrons. The lowest BCUT2D eigenvalue weighted by molar-refractivity contribution is 0.0970. The van der Waals surface area contributed by atoms with Crippen molar-refractivity contribution in [3.8, 4) is 0 Å². The molecule has 1 aliphatic heterocycles. The maximum Gasteiger partial charge on any atom is 0.296 e. The number of hydrogen-bond acceptors (Lipinski definition) is 4. The van der Waals surface area contributed by atoms with Crippen LogP contribution in [0, 0.1) is 20.8 Å².